The van der Waals surface area contributed by atoms with Gasteiger partial charge in [0.15, 0.2) is 12.3 Å². The van der Waals surface area contributed by atoms with Crippen LogP contribution in [0.5, 0.6) is 11.5 Å². The van der Waals surface area contributed by atoms with Crippen LogP contribution in [0.15, 0.2) is 47.1 Å². The van der Waals surface area contributed by atoms with Crippen molar-refractivity contribution in [1.82, 2.24) is 10.3 Å². The van der Waals surface area contributed by atoms with E-state index in [1.807, 2.05) is 49.4 Å². The van der Waals surface area contributed by atoms with E-state index in [2.05, 4.69) is 22.6 Å². The van der Waals surface area contributed by atoms with E-state index in [0.717, 1.165) is 23.3 Å². The summed E-state index contributed by atoms with van der Waals surface area (Å²) in [7, 11) is 1.60. The average molecular weight is 367 g/mol. The second-order valence-corrected chi connectivity index (χ2v) is 5.98. The molecule has 0 fully saturated rings. The number of hydrogen-bond donors (Lipinski definition) is 1. The zero-order valence-electron chi connectivity index (χ0n) is 15.5. The van der Waals surface area contributed by atoms with Crippen molar-refractivity contribution in [3.8, 4) is 22.8 Å². The minimum Gasteiger partial charge on any atom is -0.497 e. The molecule has 7 nitrogen and oxygen atoms in total. The van der Waals surface area contributed by atoms with Crippen molar-refractivity contribution in [2.75, 3.05) is 19.0 Å². The molecule has 1 heterocycles. The number of ether oxygens (including phenoxy) is 2. The Hall–Kier alpha value is -3.35. The Labute approximate surface area is 157 Å². The number of nitrogens with zero attached hydrogens (tertiary/aromatic N) is 2. The molecule has 0 saturated heterocycles. The second-order valence-electron chi connectivity index (χ2n) is 5.98. The van der Waals surface area contributed by atoms with Crippen LogP contribution in [0.25, 0.3) is 11.3 Å². The Morgan fingerprint density at radius 2 is 1.85 bits per heavy atom. The lowest BCUT2D eigenvalue weighted by Gasteiger charge is -2.08. The smallest absolute Gasteiger partial charge is 0.263 e. The van der Waals surface area contributed by atoms with Crippen molar-refractivity contribution in [2.45, 2.75) is 20.3 Å². The molecule has 27 heavy (non-hydrogen) atoms. The van der Waals surface area contributed by atoms with Crippen molar-refractivity contribution in [3.63, 3.8) is 0 Å². The molecule has 0 aliphatic rings. The van der Waals surface area contributed by atoms with Crippen molar-refractivity contribution >= 4 is 11.7 Å². The molecule has 3 rings (SSSR count). The summed E-state index contributed by atoms with van der Waals surface area (Å²) in [6.45, 7) is 3.86. The van der Waals surface area contributed by atoms with Crippen molar-refractivity contribution in [1.29, 1.82) is 0 Å². The standard InChI is InChI=1S/C20H21N3O4/c1-4-14-5-7-15(8-6-14)26-12-18(24)21-20-19(22-27-23-20)17-10-9-16(25-3)11-13(17)2/h5-11H,4,12H2,1-3H3,(H,21,23,24). The van der Waals surface area contributed by atoms with Crippen LogP contribution in [0.2, 0.25) is 0 Å². The van der Waals surface area contributed by atoms with E-state index >= 15 is 0 Å². The first kappa shape index (κ1) is 18.4. The molecule has 0 aliphatic carbocycles. The van der Waals surface area contributed by atoms with Gasteiger partial charge in [-0.3, -0.25) is 4.79 Å². The first-order valence-corrected chi connectivity index (χ1v) is 8.60. The van der Waals surface area contributed by atoms with Gasteiger partial charge in [0.05, 0.1) is 7.11 Å². The lowest BCUT2D eigenvalue weighted by atomic mass is 10.1. The Morgan fingerprint density at radius 1 is 1.11 bits per heavy atom. The van der Waals surface area contributed by atoms with Crippen LogP contribution in [0.1, 0.15) is 18.1 Å². The summed E-state index contributed by atoms with van der Waals surface area (Å²) in [5.74, 6) is 1.27. The summed E-state index contributed by atoms with van der Waals surface area (Å²) in [5.41, 5.74) is 3.38. The molecule has 7 heteroatoms. The van der Waals surface area contributed by atoms with Gasteiger partial charge in [0.25, 0.3) is 5.91 Å². The maximum Gasteiger partial charge on any atom is 0.263 e. The number of rotatable bonds is 7. The van der Waals surface area contributed by atoms with Crippen LogP contribution in [-0.4, -0.2) is 29.9 Å². The number of carbonyl (C=O) groups is 1. The number of amides is 1. The third-order valence-electron chi connectivity index (χ3n) is 4.14. The molecule has 2 aromatic carbocycles. The van der Waals surface area contributed by atoms with Gasteiger partial charge in [-0.25, -0.2) is 4.63 Å². The van der Waals surface area contributed by atoms with Gasteiger partial charge >= 0.3 is 0 Å². The molecule has 0 radical (unpaired) electrons. The highest BCUT2D eigenvalue weighted by atomic mass is 16.6. The third-order valence-corrected chi connectivity index (χ3v) is 4.14. The van der Waals surface area contributed by atoms with Gasteiger partial charge in [0, 0.05) is 5.56 Å². The number of benzene rings is 2. The fourth-order valence-corrected chi connectivity index (χ4v) is 2.61. The normalized spacial score (nSPS) is 10.5. The summed E-state index contributed by atoms with van der Waals surface area (Å²) in [5, 5.41) is 10.4. The maximum atomic E-state index is 12.2. The van der Waals surface area contributed by atoms with Gasteiger partial charge in [-0.1, -0.05) is 19.1 Å². The van der Waals surface area contributed by atoms with E-state index < -0.39 is 0 Å². The van der Waals surface area contributed by atoms with E-state index in [1.54, 1.807) is 7.11 Å². The highest BCUT2D eigenvalue weighted by Gasteiger charge is 2.17. The molecule has 1 N–H and O–H groups in total. The van der Waals surface area contributed by atoms with E-state index in [4.69, 9.17) is 14.1 Å². The Morgan fingerprint density at radius 3 is 2.52 bits per heavy atom. The van der Waals surface area contributed by atoms with E-state index in [9.17, 15) is 4.79 Å². The fraction of sp³-hybridized carbons (Fsp3) is 0.250. The second kappa shape index (κ2) is 8.35. The van der Waals surface area contributed by atoms with Gasteiger partial charge < -0.3 is 14.8 Å². The summed E-state index contributed by atoms with van der Waals surface area (Å²) in [6.07, 6.45) is 0.952. The van der Waals surface area contributed by atoms with Crippen molar-refractivity contribution in [2.24, 2.45) is 0 Å². The zero-order chi connectivity index (χ0) is 19.2. The summed E-state index contributed by atoms with van der Waals surface area (Å²) in [4.78, 5) is 12.2. The van der Waals surface area contributed by atoms with E-state index in [1.165, 1.54) is 5.56 Å². The Balaban J connectivity index is 1.66. The van der Waals surface area contributed by atoms with Gasteiger partial charge in [0.1, 0.15) is 11.5 Å². The number of methoxy groups -OCH3 is 1. The van der Waals surface area contributed by atoms with Crippen LogP contribution in [-0.2, 0) is 11.2 Å². The maximum absolute atomic E-state index is 12.2. The topological polar surface area (TPSA) is 86.5 Å². The molecule has 0 unspecified atom stereocenters. The van der Waals surface area contributed by atoms with Gasteiger partial charge in [-0.15, -0.1) is 0 Å². The molecule has 0 atom stereocenters. The van der Waals surface area contributed by atoms with Crippen LogP contribution in [0, 0.1) is 6.92 Å². The lowest BCUT2D eigenvalue weighted by Crippen LogP contribution is -2.20. The van der Waals surface area contributed by atoms with E-state index in [0.29, 0.717) is 11.4 Å². The lowest BCUT2D eigenvalue weighted by molar-refractivity contribution is -0.118. The predicted octanol–water partition coefficient (Wildman–Crippen LogP) is 3.63. The highest BCUT2D eigenvalue weighted by Crippen LogP contribution is 2.29. The first-order valence-electron chi connectivity index (χ1n) is 8.60. The van der Waals surface area contributed by atoms with Gasteiger partial charge in [-0.2, -0.15) is 0 Å². The molecule has 3 aromatic rings. The SMILES string of the molecule is CCc1ccc(OCC(=O)Nc2nonc2-c2ccc(OC)cc2C)cc1. The molecular formula is C20H21N3O4. The molecule has 0 aliphatic heterocycles. The van der Waals surface area contributed by atoms with Crippen LogP contribution in [0.4, 0.5) is 5.82 Å². The monoisotopic (exact) mass is 367 g/mol. The first-order chi connectivity index (χ1) is 13.1. The number of aryl methyl sites for hydroxylation is 2. The molecule has 0 spiro atoms. The summed E-state index contributed by atoms with van der Waals surface area (Å²) in [6, 6.07) is 13.2. The van der Waals surface area contributed by atoms with Gasteiger partial charge in [-0.05, 0) is 65.1 Å². The highest BCUT2D eigenvalue weighted by molar-refractivity contribution is 5.94. The number of carbonyl (C=O) groups excluding carboxylic acids is 1. The van der Waals surface area contributed by atoms with Crippen LogP contribution < -0.4 is 14.8 Å². The van der Waals surface area contributed by atoms with Crippen LogP contribution in [0.3, 0.4) is 0 Å². The van der Waals surface area contributed by atoms with Gasteiger partial charge in [0.2, 0.25) is 5.82 Å². The van der Waals surface area contributed by atoms with Crippen molar-refractivity contribution < 1.29 is 18.9 Å². The van der Waals surface area contributed by atoms with Crippen LogP contribution >= 0.6 is 0 Å². The Kier molecular flexibility index (Phi) is 5.71. The molecule has 140 valence electrons. The average Bonchev–Trinajstić information content (AvgIpc) is 3.14. The zero-order valence-corrected chi connectivity index (χ0v) is 15.5. The van der Waals surface area contributed by atoms with E-state index in [-0.39, 0.29) is 18.3 Å². The minimum absolute atomic E-state index is 0.140. The van der Waals surface area contributed by atoms with Crippen molar-refractivity contribution in [3.05, 3.63) is 53.6 Å². The summed E-state index contributed by atoms with van der Waals surface area (Å²) >= 11 is 0. The largest absolute Gasteiger partial charge is 0.497 e. The predicted molar refractivity (Wildman–Crippen MR) is 101 cm³/mol. The Bertz CT molecular complexity index is 919. The quantitative estimate of drug-likeness (QED) is 0.686. The number of aromatic nitrogens is 2. The molecule has 0 bridgehead atoms. The number of nitrogens with one attached hydrogen (secondary N) is 1. The third kappa shape index (κ3) is 4.44. The molecule has 1 aromatic heterocycles. The molecule has 1 amide bonds. The number of anilines is 1. The molecular weight excluding hydrogens is 346 g/mol. The fourth-order valence-electron chi connectivity index (χ4n) is 2.61. The minimum atomic E-state index is -0.349. The molecule has 0 saturated carbocycles. The summed E-state index contributed by atoms with van der Waals surface area (Å²) < 4.78 is 15.5. The number of hydrogen-bond acceptors (Lipinski definition) is 6.